The van der Waals surface area contributed by atoms with Crippen LogP contribution in [0, 0.1) is 0 Å². The molecule has 4 rings (SSSR count). The molecule has 3 aromatic rings. The Hall–Kier alpha value is -4.10. The monoisotopic (exact) mass is 568 g/mol. The highest BCUT2D eigenvalue weighted by atomic mass is 19.4. The summed E-state index contributed by atoms with van der Waals surface area (Å²) in [6.45, 7) is -0.410. The summed E-state index contributed by atoms with van der Waals surface area (Å²) in [4.78, 5) is 28.0. The average molecular weight is 569 g/mol. The van der Waals surface area contributed by atoms with Gasteiger partial charge in [-0.05, 0) is 36.6 Å². The van der Waals surface area contributed by atoms with E-state index < -0.39 is 30.5 Å². The van der Waals surface area contributed by atoms with Crippen molar-refractivity contribution in [2.24, 2.45) is 0 Å². The Morgan fingerprint density at radius 2 is 1.62 bits per heavy atom. The van der Waals surface area contributed by atoms with E-state index in [4.69, 9.17) is 4.74 Å². The van der Waals surface area contributed by atoms with Gasteiger partial charge in [-0.3, -0.25) is 4.79 Å². The fourth-order valence-electron chi connectivity index (χ4n) is 4.06. The Labute approximate surface area is 226 Å². The molecular weight excluding hydrogens is 542 g/mol. The molecule has 1 aliphatic heterocycles. The van der Waals surface area contributed by atoms with Crippen molar-refractivity contribution in [1.29, 1.82) is 0 Å². The molecular formula is C26H26F6N6O2. The van der Waals surface area contributed by atoms with Gasteiger partial charge >= 0.3 is 18.4 Å². The Balaban J connectivity index is 1.42. The molecule has 0 bridgehead atoms. The molecule has 0 radical (unpaired) electrons. The van der Waals surface area contributed by atoms with E-state index in [1.54, 1.807) is 9.80 Å². The number of aryl methyl sites for hydroxylation is 1. The van der Waals surface area contributed by atoms with E-state index in [1.807, 2.05) is 30.3 Å². The number of carbonyl (C=O) groups is 1. The number of carbonyl (C=O) groups excluding carboxylic acids is 1. The highest BCUT2D eigenvalue weighted by molar-refractivity contribution is 5.76. The van der Waals surface area contributed by atoms with Gasteiger partial charge in [0.2, 0.25) is 17.8 Å². The summed E-state index contributed by atoms with van der Waals surface area (Å²) in [6.07, 6.45) is -7.41. The first kappa shape index (κ1) is 28.9. The average Bonchev–Trinajstić information content (AvgIpc) is 2.92. The number of halogens is 6. The number of ether oxygens (including phenoxy) is 1. The van der Waals surface area contributed by atoms with Crippen LogP contribution >= 0.6 is 0 Å². The molecule has 1 aliphatic rings. The molecule has 0 aliphatic carbocycles. The molecule has 0 spiro atoms. The Morgan fingerprint density at radius 3 is 2.30 bits per heavy atom. The smallest absolute Gasteiger partial charge is 0.422 e. The van der Waals surface area contributed by atoms with Crippen molar-refractivity contribution in [1.82, 2.24) is 19.9 Å². The Kier molecular flexibility index (Phi) is 8.95. The largest absolute Gasteiger partial charge is 0.454 e. The van der Waals surface area contributed by atoms with Crippen LogP contribution in [0.15, 0.2) is 54.6 Å². The van der Waals surface area contributed by atoms with E-state index in [0.717, 1.165) is 24.1 Å². The predicted octanol–water partition coefficient (Wildman–Crippen LogP) is 5.25. The van der Waals surface area contributed by atoms with Gasteiger partial charge in [0.1, 0.15) is 0 Å². The van der Waals surface area contributed by atoms with E-state index >= 15 is 0 Å². The van der Waals surface area contributed by atoms with Crippen LogP contribution < -0.4 is 15.0 Å². The van der Waals surface area contributed by atoms with Crippen molar-refractivity contribution < 1.29 is 35.9 Å². The van der Waals surface area contributed by atoms with Gasteiger partial charge in [0, 0.05) is 38.3 Å². The second-order valence-corrected chi connectivity index (χ2v) is 9.06. The number of hydrogen-bond donors (Lipinski definition) is 1. The van der Waals surface area contributed by atoms with Crippen molar-refractivity contribution in [2.75, 3.05) is 43.0 Å². The zero-order valence-electron chi connectivity index (χ0n) is 21.2. The SMILES string of the molecule is O=C(CCCc1ccccc1)N1CCN(c2nc(Nc3cccc(C(F)(F)F)c3)nc(OCC(F)(F)F)n2)CC1. The summed E-state index contributed by atoms with van der Waals surface area (Å²) in [5, 5.41) is 2.58. The second-order valence-electron chi connectivity index (χ2n) is 9.06. The molecule has 1 aromatic heterocycles. The Bertz CT molecular complexity index is 1280. The highest BCUT2D eigenvalue weighted by Gasteiger charge is 2.31. The third-order valence-corrected chi connectivity index (χ3v) is 6.03. The number of nitrogens with zero attached hydrogens (tertiary/aromatic N) is 5. The summed E-state index contributed by atoms with van der Waals surface area (Å²) < 4.78 is 82.2. The first-order valence-electron chi connectivity index (χ1n) is 12.4. The minimum absolute atomic E-state index is 0.00710. The minimum Gasteiger partial charge on any atom is -0.454 e. The number of nitrogens with one attached hydrogen (secondary N) is 1. The maximum absolute atomic E-state index is 13.1. The molecule has 0 saturated carbocycles. The lowest BCUT2D eigenvalue weighted by atomic mass is 10.1. The van der Waals surface area contributed by atoms with Crippen molar-refractivity contribution in [3.05, 3.63) is 65.7 Å². The van der Waals surface area contributed by atoms with E-state index in [9.17, 15) is 31.1 Å². The van der Waals surface area contributed by atoms with Crippen molar-refractivity contribution >= 4 is 23.5 Å². The number of piperazine rings is 1. The van der Waals surface area contributed by atoms with Crippen LogP contribution in [-0.2, 0) is 17.4 Å². The molecule has 8 nitrogen and oxygen atoms in total. The summed E-state index contributed by atoms with van der Waals surface area (Å²) >= 11 is 0. The number of anilines is 3. The molecule has 1 fully saturated rings. The van der Waals surface area contributed by atoms with Crippen LogP contribution in [0.25, 0.3) is 0 Å². The number of aromatic nitrogens is 3. The van der Waals surface area contributed by atoms with Gasteiger partial charge in [0.15, 0.2) is 6.61 Å². The van der Waals surface area contributed by atoms with E-state index in [0.29, 0.717) is 25.9 Å². The zero-order valence-corrected chi connectivity index (χ0v) is 21.2. The number of rotatable bonds is 9. The van der Waals surface area contributed by atoms with Crippen molar-refractivity contribution in [3.63, 3.8) is 0 Å². The van der Waals surface area contributed by atoms with Crippen LogP contribution in [0.4, 0.5) is 43.9 Å². The molecule has 0 unspecified atom stereocenters. The predicted molar refractivity (Wildman–Crippen MR) is 134 cm³/mol. The Morgan fingerprint density at radius 1 is 0.900 bits per heavy atom. The van der Waals surface area contributed by atoms with Crippen LogP contribution in [0.2, 0.25) is 0 Å². The van der Waals surface area contributed by atoms with Gasteiger partial charge in [0.25, 0.3) is 0 Å². The molecule has 2 aromatic carbocycles. The van der Waals surface area contributed by atoms with Crippen LogP contribution in [0.5, 0.6) is 6.01 Å². The van der Waals surface area contributed by atoms with Gasteiger partial charge in [-0.25, -0.2) is 0 Å². The van der Waals surface area contributed by atoms with Crippen molar-refractivity contribution in [2.45, 2.75) is 31.6 Å². The van der Waals surface area contributed by atoms with Crippen LogP contribution in [0.3, 0.4) is 0 Å². The summed E-state index contributed by atoms with van der Waals surface area (Å²) in [5.74, 6) is -0.328. The molecule has 1 saturated heterocycles. The number of hydrogen-bond acceptors (Lipinski definition) is 7. The normalized spacial score (nSPS) is 14.2. The topological polar surface area (TPSA) is 83.5 Å². The molecule has 1 N–H and O–H groups in total. The third-order valence-electron chi connectivity index (χ3n) is 6.03. The number of alkyl halides is 6. The van der Waals surface area contributed by atoms with Crippen molar-refractivity contribution in [3.8, 4) is 6.01 Å². The van der Waals surface area contributed by atoms with Gasteiger partial charge in [-0.15, -0.1) is 0 Å². The zero-order chi connectivity index (χ0) is 28.8. The van der Waals surface area contributed by atoms with E-state index in [-0.39, 0.29) is 36.6 Å². The van der Waals surface area contributed by atoms with E-state index in [1.165, 1.54) is 12.1 Å². The highest BCUT2D eigenvalue weighted by Crippen LogP contribution is 2.31. The third kappa shape index (κ3) is 8.45. The van der Waals surface area contributed by atoms with Gasteiger partial charge in [-0.1, -0.05) is 36.4 Å². The minimum atomic E-state index is -4.66. The molecule has 40 heavy (non-hydrogen) atoms. The van der Waals surface area contributed by atoms with Gasteiger partial charge in [0.05, 0.1) is 5.56 Å². The summed E-state index contributed by atoms with van der Waals surface area (Å²) in [6, 6.07) is 13.4. The lowest BCUT2D eigenvalue weighted by molar-refractivity contribution is -0.154. The quantitative estimate of drug-likeness (QED) is 0.353. The molecule has 2 heterocycles. The second kappa shape index (κ2) is 12.4. The fraction of sp³-hybridized carbons (Fsp3) is 0.385. The maximum Gasteiger partial charge on any atom is 0.422 e. The summed E-state index contributed by atoms with van der Waals surface area (Å²) in [5.41, 5.74) is 0.192. The molecule has 1 amide bonds. The van der Waals surface area contributed by atoms with Gasteiger partial charge < -0.3 is 19.9 Å². The first-order valence-corrected chi connectivity index (χ1v) is 12.4. The van der Waals surface area contributed by atoms with Gasteiger partial charge in [-0.2, -0.15) is 41.3 Å². The molecule has 0 atom stereocenters. The maximum atomic E-state index is 13.1. The lowest BCUT2D eigenvalue weighted by Crippen LogP contribution is -2.49. The number of benzene rings is 2. The molecule has 14 heteroatoms. The number of amides is 1. The fourth-order valence-corrected chi connectivity index (χ4v) is 4.06. The molecule has 214 valence electrons. The standard InChI is InChI=1S/C26H26F6N6O2/c27-25(28,29)17-40-24-35-22(33-20-10-5-9-19(16-20)26(30,31)32)34-23(36-24)38-14-12-37(13-15-38)21(39)11-4-8-18-6-2-1-3-7-18/h1-3,5-7,9-10,16H,4,8,11-15,17H2,(H,33,34,35,36). The van der Waals surface area contributed by atoms with Crippen LogP contribution in [0.1, 0.15) is 24.0 Å². The van der Waals surface area contributed by atoms with Crippen LogP contribution in [-0.4, -0.2) is 64.7 Å². The summed E-state index contributed by atoms with van der Waals surface area (Å²) in [7, 11) is 0. The van der Waals surface area contributed by atoms with E-state index in [2.05, 4.69) is 20.3 Å². The first-order chi connectivity index (χ1) is 19.0. The lowest BCUT2D eigenvalue weighted by Gasteiger charge is -2.35.